The SMILES string of the molecule is CCCCC1=C(C(F)(F)F)C(=O)CC12C(c1ccccc1)=Nc1ccccc12. The summed E-state index contributed by atoms with van der Waals surface area (Å²) in [5.74, 6) is -0.834. The van der Waals surface area contributed by atoms with Gasteiger partial charge in [-0.3, -0.25) is 9.79 Å². The summed E-state index contributed by atoms with van der Waals surface area (Å²) >= 11 is 0. The summed E-state index contributed by atoms with van der Waals surface area (Å²) in [5.41, 5.74) is 0.728. The zero-order chi connectivity index (χ0) is 19.9. The van der Waals surface area contributed by atoms with Crippen LogP contribution in [0.3, 0.4) is 0 Å². The minimum absolute atomic E-state index is 0.180. The van der Waals surface area contributed by atoms with Gasteiger partial charge in [0.15, 0.2) is 5.78 Å². The molecule has 2 aromatic rings. The van der Waals surface area contributed by atoms with E-state index >= 15 is 0 Å². The van der Waals surface area contributed by atoms with Gasteiger partial charge in [0.05, 0.1) is 22.4 Å². The second kappa shape index (κ2) is 6.73. The number of halogens is 3. The summed E-state index contributed by atoms with van der Waals surface area (Å²) in [4.78, 5) is 17.4. The number of hydrogen-bond donors (Lipinski definition) is 0. The van der Waals surface area contributed by atoms with Crippen molar-refractivity contribution >= 4 is 17.2 Å². The Morgan fingerprint density at radius 3 is 2.39 bits per heavy atom. The molecule has 0 saturated heterocycles. The van der Waals surface area contributed by atoms with Gasteiger partial charge in [-0.25, -0.2) is 0 Å². The van der Waals surface area contributed by atoms with E-state index in [0.29, 0.717) is 23.4 Å². The minimum atomic E-state index is -4.66. The largest absolute Gasteiger partial charge is 0.419 e. The number of ketones is 1. The van der Waals surface area contributed by atoms with Crippen LogP contribution in [-0.4, -0.2) is 17.7 Å². The smallest absolute Gasteiger partial charge is 0.294 e. The Kier molecular flexibility index (Phi) is 4.48. The Balaban J connectivity index is 2.02. The second-order valence-corrected chi connectivity index (χ2v) is 7.30. The van der Waals surface area contributed by atoms with Gasteiger partial charge in [-0.15, -0.1) is 0 Å². The van der Waals surface area contributed by atoms with E-state index in [0.717, 1.165) is 12.0 Å². The fourth-order valence-electron chi connectivity index (χ4n) is 4.51. The third kappa shape index (κ3) is 2.72. The van der Waals surface area contributed by atoms with Gasteiger partial charge in [-0.1, -0.05) is 61.9 Å². The molecule has 28 heavy (non-hydrogen) atoms. The standard InChI is InChI=1S/C23H20F3NO/c1-2-3-11-17-20(23(24,25)26)19(28)14-22(17)16-12-7-8-13-18(16)27-21(22)15-9-5-4-6-10-15/h4-10,12-13H,2-3,11,14H2,1H3. The Morgan fingerprint density at radius 2 is 1.71 bits per heavy atom. The molecule has 0 aromatic heterocycles. The van der Waals surface area contributed by atoms with Gasteiger partial charge >= 0.3 is 6.18 Å². The number of rotatable bonds is 4. The number of benzene rings is 2. The van der Waals surface area contributed by atoms with Crippen molar-refractivity contribution in [2.45, 2.75) is 44.2 Å². The van der Waals surface area contributed by atoms with Crippen molar-refractivity contribution in [2.24, 2.45) is 4.99 Å². The molecule has 1 heterocycles. The molecule has 1 spiro atoms. The summed E-state index contributed by atoms with van der Waals surface area (Å²) in [6.45, 7) is 1.94. The number of unbranched alkanes of at least 4 members (excludes halogenated alkanes) is 1. The second-order valence-electron chi connectivity index (χ2n) is 7.30. The monoisotopic (exact) mass is 383 g/mol. The topological polar surface area (TPSA) is 29.4 Å². The number of para-hydroxylation sites is 1. The van der Waals surface area contributed by atoms with Crippen LogP contribution in [0.25, 0.3) is 0 Å². The van der Waals surface area contributed by atoms with Crippen molar-refractivity contribution in [3.05, 3.63) is 76.9 Å². The highest BCUT2D eigenvalue weighted by atomic mass is 19.4. The van der Waals surface area contributed by atoms with Gasteiger partial charge in [0.1, 0.15) is 0 Å². The lowest BCUT2D eigenvalue weighted by molar-refractivity contribution is -0.127. The van der Waals surface area contributed by atoms with Crippen LogP contribution in [0.15, 0.2) is 70.7 Å². The number of Topliss-reactive ketones (excluding diaryl/α,β-unsaturated/α-hetero) is 1. The number of carbonyl (C=O) groups is 1. The van der Waals surface area contributed by atoms with Crippen molar-refractivity contribution in [1.82, 2.24) is 0 Å². The molecule has 1 aliphatic carbocycles. The Morgan fingerprint density at radius 1 is 1.04 bits per heavy atom. The molecule has 144 valence electrons. The van der Waals surface area contributed by atoms with Crippen LogP contribution in [0.4, 0.5) is 18.9 Å². The number of fused-ring (bicyclic) bond motifs is 2. The van der Waals surface area contributed by atoms with Crippen molar-refractivity contribution in [1.29, 1.82) is 0 Å². The zero-order valence-corrected chi connectivity index (χ0v) is 15.5. The first kappa shape index (κ1) is 18.7. The first-order chi connectivity index (χ1) is 13.4. The van der Waals surface area contributed by atoms with Crippen LogP contribution in [0.2, 0.25) is 0 Å². The van der Waals surface area contributed by atoms with E-state index in [1.54, 1.807) is 12.1 Å². The number of alkyl halides is 3. The lowest BCUT2D eigenvalue weighted by Crippen LogP contribution is -2.34. The van der Waals surface area contributed by atoms with Gasteiger partial charge in [-0.05, 0) is 35.6 Å². The highest BCUT2D eigenvalue weighted by Crippen LogP contribution is 2.56. The maximum absolute atomic E-state index is 13.9. The molecule has 2 aromatic carbocycles. The number of nitrogens with zero attached hydrogens (tertiary/aromatic N) is 1. The summed E-state index contributed by atoms with van der Waals surface area (Å²) in [6.07, 6.45) is -3.31. The predicted molar refractivity (Wildman–Crippen MR) is 103 cm³/mol. The molecule has 5 heteroatoms. The molecule has 2 aliphatic rings. The molecule has 0 bridgehead atoms. The lowest BCUT2D eigenvalue weighted by Gasteiger charge is -2.31. The van der Waals surface area contributed by atoms with Crippen LogP contribution in [0.1, 0.15) is 43.7 Å². The molecule has 0 amide bonds. The first-order valence-electron chi connectivity index (χ1n) is 9.47. The van der Waals surface area contributed by atoms with E-state index in [-0.39, 0.29) is 18.4 Å². The predicted octanol–water partition coefficient (Wildman–Crippen LogP) is 6.08. The van der Waals surface area contributed by atoms with E-state index in [9.17, 15) is 18.0 Å². The molecular weight excluding hydrogens is 363 g/mol. The zero-order valence-electron chi connectivity index (χ0n) is 15.5. The van der Waals surface area contributed by atoms with E-state index in [4.69, 9.17) is 4.99 Å². The highest BCUT2D eigenvalue weighted by molar-refractivity contribution is 6.20. The van der Waals surface area contributed by atoms with Gasteiger partial charge < -0.3 is 0 Å². The normalized spacial score (nSPS) is 21.4. The van der Waals surface area contributed by atoms with Crippen LogP contribution < -0.4 is 0 Å². The molecule has 4 rings (SSSR count). The van der Waals surface area contributed by atoms with Gasteiger partial charge in [0.2, 0.25) is 0 Å². The van der Waals surface area contributed by atoms with E-state index in [1.807, 2.05) is 49.4 Å². The third-order valence-electron chi connectivity index (χ3n) is 5.63. The van der Waals surface area contributed by atoms with Crippen molar-refractivity contribution in [2.75, 3.05) is 0 Å². The lowest BCUT2D eigenvalue weighted by atomic mass is 9.69. The highest BCUT2D eigenvalue weighted by Gasteiger charge is 2.58. The summed E-state index contributed by atoms with van der Waals surface area (Å²) in [5, 5.41) is 0. The fourth-order valence-corrected chi connectivity index (χ4v) is 4.51. The number of aliphatic imine (C=N–C) groups is 1. The molecule has 1 aliphatic heterocycles. The van der Waals surface area contributed by atoms with Crippen molar-refractivity contribution < 1.29 is 18.0 Å². The van der Waals surface area contributed by atoms with Crippen molar-refractivity contribution in [3.8, 4) is 0 Å². The number of hydrogen-bond acceptors (Lipinski definition) is 2. The Labute approximate surface area is 161 Å². The van der Waals surface area contributed by atoms with Crippen LogP contribution >= 0.6 is 0 Å². The fraction of sp³-hybridized carbons (Fsp3) is 0.304. The maximum atomic E-state index is 13.9. The maximum Gasteiger partial charge on any atom is 0.419 e. The molecule has 2 nitrogen and oxygen atoms in total. The third-order valence-corrected chi connectivity index (χ3v) is 5.63. The molecule has 0 saturated carbocycles. The molecule has 1 atom stereocenters. The van der Waals surface area contributed by atoms with Crippen LogP contribution in [0.5, 0.6) is 0 Å². The average molecular weight is 383 g/mol. The summed E-state index contributed by atoms with van der Waals surface area (Å²) < 4.78 is 41.7. The molecule has 1 unspecified atom stereocenters. The minimum Gasteiger partial charge on any atom is -0.294 e. The van der Waals surface area contributed by atoms with Gasteiger partial charge in [-0.2, -0.15) is 13.2 Å². The Bertz CT molecular complexity index is 988. The molecular formula is C23H20F3NO. The number of allylic oxidation sites excluding steroid dienone is 2. The molecule has 0 fully saturated rings. The van der Waals surface area contributed by atoms with Gasteiger partial charge in [0.25, 0.3) is 0 Å². The average Bonchev–Trinajstić information content (AvgIpc) is 3.16. The van der Waals surface area contributed by atoms with E-state index < -0.39 is 22.9 Å². The van der Waals surface area contributed by atoms with Crippen LogP contribution in [-0.2, 0) is 10.2 Å². The molecule has 0 N–H and O–H groups in total. The summed E-state index contributed by atoms with van der Waals surface area (Å²) in [7, 11) is 0. The number of carbonyl (C=O) groups excluding carboxylic acids is 1. The summed E-state index contributed by atoms with van der Waals surface area (Å²) in [6, 6.07) is 16.5. The Hall–Kier alpha value is -2.69. The first-order valence-corrected chi connectivity index (χ1v) is 9.47. The quantitative estimate of drug-likeness (QED) is 0.629. The van der Waals surface area contributed by atoms with E-state index in [1.165, 1.54) is 0 Å². The van der Waals surface area contributed by atoms with E-state index in [2.05, 4.69) is 0 Å². The van der Waals surface area contributed by atoms with Crippen molar-refractivity contribution in [3.63, 3.8) is 0 Å². The molecule has 0 radical (unpaired) electrons. The van der Waals surface area contributed by atoms with Crippen LogP contribution in [0, 0.1) is 0 Å². The van der Waals surface area contributed by atoms with Gasteiger partial charge in [0, 0.05) is 6.42 Å².